The van der Waals surface area contributed by atoms with Crippen LogP contribution in [0.25, 0.3) is 0 Å². The number of hydrogen-bond acceptors (Lipinski definition) is 5. The van der Waals surface area contributed by atoms with Crippen LogP contribution in [0.5, 0.6) is 0 Å². The Balaban J connectivity index is 2.47. The van der Waals surface area contributed by atoms with Crippen LogP contribution in [0.4, 0.5) is 11.4 Å². The normalized spacial score (nSPS) is 13.4. The number of anilines is 1. The molecule has 0 spiro atoms. The summed E-state index contributed by atoms with van der Waals surface area (Å²) in [5.41, 5.74) is 0.581. The summed E-state index contributed by atoms with van der Waals surface area (Å²) in [6, 6.07) is 4.42. The first-order valence-electron chi connectivity index (χ1n) is 7.07. The zero-order valence-corrected chi connectivity index (χ0v) is 12.6. The molecule has 2 rings (SSSR count). The highest BCUT2D eigenvalue weighted by molar-refractivity contribution is 5.91. The number of carbonyl (C=O) groups is 1. The van der Waals surface area contributed by atoms with Crippen molar-refractivity contribution in [3.8, 4) is 0 Å². The Morgan fingerprint density at radius 3 is 2.59 bits per heavy atom. The van der Waals surface area contributed by atoms with Crippen molar-refractivity contribution in [1.29, 1.82) is 0 Å². The number of rotatable bonds is 6. The van der Waals surface area contributed by atoms with E-state index in [9.17, 15) is 14.9 Å². The van der Waals surface area contributed by atoms with Crippen LogP contribution in [0.3, 0.4) is 0 Å². The van der Waals surface area contributed by atoms with Gasteiger partial charge in [0.25, 0.3) is 5.69 Å². The molecule has 0 saturated heterocycles. The van der Waals surface area contributed by atoms with Gasteiger partial charge in [-0.3, -0.25) is 10.1 Å². The smallest absolute Gasteiger partial charge is 0.338 e. The summed E-state index contributed by atoms with van der Waals surface area (Å²) in [6.07, 6.45) is 8.65. The van der Waals surface area contributed by atoms with E-state index in [2.05, 4.69) is 4.74 Å². The number of allylic oxidation sites excluding steroid dienone is 2. The second-order valence-electron chi connectivity index (χ2n) is 4.91. The third kappa shape index (κ3) is 3.16. The molecule has 1 aromatic carbocycles. The van der Waals surface area contributed by atoms with Gasteiger partial charge < -0.3 is 9.64 Å². The SMILES string of the molecule is CCCN(c1ccc(C(=O)OC)cc1[N+](=O)[O-])C1C=CC=C1. The van der Waals surface area contributed by atoms with Crippen LogP contribution in [0.2, 0.25) is 0 Å². The Hall–Kier alpha value is -2.63. The summed E-state index contributed by atoms with van der Waals surface area (Å²) in [7, 11) is 1.25. The number of nitrogens with zero attached hydrogens (tertiary/aromatic N) is 2. The third-order valence-electron chi connectivity index (χ3n) is 3.45. The maximum absolute atomic E-state index is 11.6. The van der Waals surface area contributed by atoms with Gasteiger partial charge >= 0.3 is 5.97 Å². The minimum absolute atomic E-state index is 0.0115. The van der Waals surface area contributed by atoms with Crippen LogP contribution in [-0.4, -0.2) is 30.6 Å². The second-order valence-corrected chi connectivity index (χ2v) is 4.91. The molecule has 0 unspecified atom stereocenters. The van der Waals surface area contributed by atoms with E-state index in [1.807, 2.05) is 36.1 Å². The standard InChI is InChI=1S/C16H18N2O4/c1-3-10-17(13-6-4-5-7-13)14-9-8-12(16(19)22-2)11-15(14)18(20)21/h4-9,11,13H,3,10H2,1-2H3. The van der Waals surface area contributed by atoms with Gasteiger partial charge in [-0.2, -0.15) is 0 Å². The number of carbonyl (C=O) groups excluding carboxylic acids is 1. The first-order chi connectivity index (χ1) is 10.6. The molecule has 0 bridgehead atoms. The fourth-order valence-electron chi connectivity index (χ4n) is 2.46. The first kappa shape index (κ1) is 15.8. The van der Waals surface area contributed by atoms with Crippen LogP contribution < -0.4 is 4.90 Å². The highest BCUT2D eigenvalue weighted by Crippen LogP contribution is 2.32. The molecule has 6 nitrogen and oxygen atoms in total. The van der Waals surface area contributed by atoms with E-state index in [4.69, 9.17) is 0 Å². The van der Waals surface area contributed by atoms with Crippen LogP contribution in [0, 0.1) is 10.1 Å². The summed E-state index contributed by atoms with van der Waals surface area (Å²) in [5.74, 6) is -0.586. The van der Waals surface area contributed by atoms with Gasteiger partial charge in [0.2, 0.25) is 0 Å². The fraction of sp³-hybridized carbons (Fsp3) is 0.312. The molecular formula is C16H18N2O4. The first-order valence-corrected chi connectivity index (χ1v) is 7.07. The molecule has 0 saturated carbocycles. The Morgan fingerprint density at radius 1 is 1.36 bits per heavy atom. The summed E-state index contributed by atoms with van der Waals surface area (Å²) >= 11 is 0. The molecule has 0 amide bonds. The molecule has 0 radical (unpaired) electrons. The Morgan fingerprint density at radius 2 is 2.05 bits per heavy atom. The highest BCUT2D eigenvalue weighted by Gasteiger charge is 2.25. The number of benzene rings is 1. The van der Waals surface area contributed by atoms with E-state index < -0.39 is 10.9 Å². The molecule has 6 heteroatoms. The molecule has 116 valence electrons. The average Bonchev–Trinajstić information content (AvgIpc) is 3.05. The van der Waals surface area contributed by atoms with E-state index in [1.54, 1.807) is 12.1 Å². The highest BCUT2D eigenvalue weighted by atomic mass is 16.6. The molecule has 0 N–H and O–H groups in total. The number of hydrogen-bond donors (Lipinski definition) is 0. The fourth-order valence-corrected chi connectivity index (χ4v) is 2.46. The predicted octanol–water partition coefficient (Wildman–Crippen LogP) is 3.09. The van der Waals surface area contributed by atoms with E-state index in [0.717, 1.165) is 6.42 Å². The minimum Gasteiger partial charge on any atom is -0.465 e. The second kappa shape index (κ2) is 6.89. The van der Waals surface area contributed by atoms with Crippen molar-refractivity contribution in [3.63, 3.8) is 0 Å². The molecule has 0 heterocycles. The molecular weight excluding hydrogens is 284 g/mol. The van der Waals surface area contributed by atoms with E-state index in [-0.39, 0.29) is 17.3 Å². The lowest BCUT2D eigenvalue weighted by atomic mass is 10.1. The van der Waals surface area contributed by atoms with Gasteiger partial charge in [-0.15, -0.1) is 0 Å². The Bertz CT molecular complexity index is 625. The van der Waals surface area contributed by atoms with Gasteiger partial charge in [-0.05, 0) is 18.6 Å². The van der Waals surface area contributed by atoms with Crippen LogP contribution in [0.1, 0.15) is 23.7 Å². The lowest BCUT2D eigenvalue weighted by molar-refractivity contribution is -0.384. The van der Waals surface area contributed by atoms with Gasteiger partial charge in [0.1, 0.15) is 5.69 Å². The Labute approximate surface area is 128 Å². The zero-order chi connectivity index (χ0) is 16.1. The summed E-state index contributed by atoms with van der Waals surface area (Å²) in [5, 5.41) is 11.4. The topological polar surface area (TPSA) is 72.7 Å². The number of ether oxygens (including phenoxy) is 1. The van der Waals surface area contributed by atoms with Gasteiger partial charge in [0.05, 0.1) is 23.6 Å². The van der Waals surface area contributed by atoms with E-state index in [0.29, 0.717) is 12.2 Å². The minimum atomic E-state index is -0.586. The van der Waals surface area contributed by atoms with Crippen molar-refractivity contribution in [1.82, 2.24) is 0 Å². The maximum atomic E-state index is 11.6. The number of methoxy groups -OCH3 is 1. The average molecular weight is 302 g/mol. The molecule has 0 fully saturated rings. The Kier molecular flexibility index (Phi) is 4.93. The van der Waals surface area contributed by atoms with Crippen LogP contribution >= 0.6 is 0 Å². The largest absolute Gasteiger partial charge is 0.465 e. The van der Waals surface area contributed by atoms with Crippen LogP contribution in [0.15, 0.2) is 42.5 Å². The van der Waals surface area contributed by atoms with Crippen molar-refractivity contribution < 1.29 is 14.5 Å². The van der Waals surface area contributed by atoms with Crippen molar-refractivity contribution in [2.24, 2.45) is 0 Å². The monoisotopic (exact) mass is 302 g/mol. The van der Waals surface area contributed by atoms with E-state index >= 15 is 0 Å². The molecule has 1 aliphatic carbocycles. The van der Waals surface area contributed by atoms with Crippen molar-refractivity contribution in [2.75, 3.05) is 18.6 Å². The molecule has 0 aliphatic heterocycles. The van der Waals surface area contributed by atoms with Gasteiger partial charge in [-0.1, -0.05) is 31.2 Å². The van der Waals surface area contributed by atoms with Gasteiger partial charge in [0.15, 0.2) is 0 Å². The predicted molar refractivity (Wildman–Crippen MR) is 84.1 cm³/mol. The van der Waals surface area contributed by atoms with Gasteiger partial charge in [-0.25, -0.2) is 4.79 Å². The lowest BCUT2D eigenvalue weighted by Gasteiger charge is -2.28. The number of esters is 1. The molecule has 1 aromatic rings. The molecule has 1 aliphatic rings. The summed E-state index contributed by atoms with van der Waals surface area (Å²) < 4.78 is 4.62. The molecule has 0 atom stereocenters. The molecule has 22 heavy (non-hydrogen) atoms. The van der Waals surface area contributed by atoms with Crippen molar-refractivity contribution in [3.05, 3.63) is 58.2 Å². The van der Waals surface area contributed by atoms with E-state index in [1.165, 1.54) is 13.2 Å². The quantitative estimate of drug-likeness (QED) is 0.458. The number of nitro benzene ring substituents is 1. The molecule has 0 aromatic heterocycles. The van der Waals surface area contributed by atoms with Crippen LogP contribution in [-0.2, 0) is 4.74 Å². The zero-order valence-electron chi connectivity index (χ0n) is 12.6. The van der Waals surface area contributed by atoms with Gasteiger partial charge in [0, 0.05) is 12.6 Å². The summed E-state index contributed by atoms with van der Waals surface area (Å²) in [6.45, 7) is 2.70. The maximum Gasteiger partial charge on any atom is 0.338 e. The summed E-state index contributed by atoms with van der Waals surface area (Å²) in [4.78, 5) is 24.5. The van der Waals surface area contributed by atoms with Crippen molar-refractivity contribution >= 4 is 17.3 Å². The lowest BCUT2D eigenvalue weighted by Crippen LogP contribution is -2.33. The van der Waals surface area contributed by atoms with Crippen molar-refractivity contribution in [2.45, 2.75) is 19.4 Å². The third-order valence-corrected chi connectivity index (χ3v) is 3.45. The number of nitro groups is 1.